The first-order chi connectivity index (χ1) is 14.7. The SMILES string of the molecule is CCNC(=NCC1CCN(Cc2ccc(OC)cc2)CC1)N1CCC2(CCOC2)C1. The molecule has 1 unspecified atom stereocenters. The van der Waals surface area contributed by atoms with E-state index in [0.717, 1.165) is 70.7 Å². The fourth-order valence-corrected chi connectivity index (χ4v) is 5.04. The maximum Gasteiger partial charge on any atom is 0.193 e. The maximum absolute atomic E-state index is 5.69. The molecule has 166 valence electrons. The number of methoxy groups -OCH3 is 1. The van der Waals surface area contributed by atoms with Crippen molar-refractivity contribution in [3.05, 3.63) is 29.8 Å². The van der Waals surface area contributed by atoms with Crippen molar-refractivity contribution in [2.24, 2.45) is 16.3 Å². The Hall–Kier alpha value is -1.79. The second-order valence-electron chi connectivity index (χ2n) is 9.24. The zero-order valence-electron chi connectivity index (χ0n) is 18.7. The zero-order valence-corrected chi connectivity index (χ0v) is 18.7. The summed E-state index contributed by atoms with van der Waals surface area (Å²) in [5.41, 5.74) is 1.74. The molecule has 4 rings (SSSR count). The summed E-state index contributed by atoms with van der Waals surface area (Å²) < 4.78 is 11.0. The Labute approximate surface area is 181 Å². The van der Waals surface area contributed by atoms with Crippen LogP contribution < -0.4 is 10.1 Å². The molecule has 3 aliphatic rings. The first-order valence-electron chi connectivity index (χ1n) is 11.7. The molecule has 0 radical (unpaired) electrons. The predicted octanol–water partition coefficient (Wildman–Crippen LogP) is 2.99. The third-order valence-electron chi connectivity index (χ3n) is 7.03. The minimum atomic E-state index is 0.378. The van der Waals surface area contributed by atoms with Crippen LogP contribution in [0.2, 0.25) is 0 Å². The molecule has 1 aromatic carbocycles. The van der Waals surface area contributed by atoms with Gasteiger partial charge < -0.3 is 19.7 Å². The van der Waals surface area contributed by atoms with Gasteiger partial charge in [-0.1, -0.05) is 12.1 Å². The van der Waals surface area contributed by atoms with Crippen LogP contribution in [-0.2, 0) is 11.3 Å². The third-order valence-corrected chi connectivity index (χ3v) is 7.03. The van der Waals surface area contributed by atoms with Crippen molar-refractivity contribution in [3.63, 3.8) is 0 Å². The number of piperidine rings is 1. The smallest absolute Gasteiger partial charge is 0.193 e. The van der Waals surface area contributed by atoms with Gasteiger partial charge in [0.2, 0.25) is 0 Å². The van der Waals surface area contributed by atoms with Gasteiger partial charge in [-0.2, -0.15) is 0 Å². The normalized spacial score (nSPS) is 25.9. The summed E-state index contributed by atoms with van der Waals surface area (Å²) in [6.45, 7) is 11.4. The predicted molar refractivity (Wildman–Crippen MR) is 121 cm³/mol. The molecule has 0 bridgehead atoms. The zero-order chi connectivity index (χ0) is 20.8. The summed E-state index contributed by atoms with van der Waals surface area (Å²) in [6.07, 6.45) is 4.91. The molecule has 1 aromatic rings. The molecule has 0 saturated carbocycles. The fourth-order valence-electron chi connectivity index (χ4n) is 5.04. The van der Waals surface area contributed by atoms with Gasteiger partial charge in [-0.3, -0.25) is 9.89 Å². The Morgan fingerprint density at radius 1 is 1.20 bits per heavy atom. The molecule has 1 N–H and O–H groups in total. The second kappa shape index (κ2) is 10.0. The van der Waals surface area contributed by atoms with Crippen LogP contribution in [0.3, 0.4) is 0 Å². The average Bonchev–Trinajstić information content (AvgIpc) is 3.42. The molecule has 3 fully saturated rings. The topological polar surface area (TPSA) is 49.3 Å². The van der Waals surface area contributed by atoms with Crippen LogP contribution in [0.15, 0.2) is 29.3 Å². The largest absolute Gasteiger partial charge is 0.497 e. The molecule has 1 atom stereocenters. The number of likely N-dealkylation sites (tertiary alicyclic amines) is 2. The number of guanidine groups is 1. The van der Waals surface area contributed by atoms with Gasteiger partial charge in [0.05, 0.1) is 13.7 Å². The highest BCUT2D eigenvalue weighted by atomic mass is 16.5. The van der Waals surface area contributed by atoms with E-state index >= 15 is 0 Å². The van der Waals surface area contributed by atoms with Crippen molar-refractivity contribution in [3.8, 4) is 5.75 Å². The maximum atomic E-state index is 5.69. The Balaban J connectivity index is 1.25. The second-order valence-corrected chi connectivity index (χ2v) is 9.24. The number of nitrogens with zero attached hydrogens (tertiary/aromatic N) is 3. The molecule has 0 aromatic heterocycles. The summed E-state index contributed by atoms with van der Waals surface area (Å²) in [4.78, 5) is 10.1. The monoisotopic (exact) mass is 414 g/mol. The number of rotatable bonds is 6. The van der Waals surface area contributed by atoms with Crippen LogP contribution in [-0.4, -0.2) is 75.4 Å². The highest BCUT2D eigenvalue weighted by molar-refractivity contribution is 5.80. The molecule has 0 amide bonds. The van der Waals surface area contributed by atoms with E-state index in [0.29, 0.717) is 11.3 Å². The van der Waals surface area contributed by atoms with E-state index in [1.54, 1.807) is 7.11 Å². The molecule has 6 heteroatoms. The van der Waals surface area contributed by atoms with Crippen molar-refractivity contribution in [1.82, 2.24) is 15.1 Å². The van der Waals surface area contributed by atoms with E-state index in [1.165, 1.54) is 31.2 Å². The lowest BCUT2D eigenvalue weighted by molar-refractivity contribution is 0.156. The summed E-state index contributed by atoms with van der Waals surface area (Å²) in [5, 5.41) is 3.54. The average molecular weight is 415 g/mol. The van der Waals surface area contributed by atoms with Crippen LogP contribution >= 0.6 is 0 Å². The van der Waals surface area contributed by atoms with Crippen LogP contribution in [0.5, 0.6) is 5.75 Å². The highest BCUT2D eigenvalue weighted by Gasteiger charge is 2.42. The summed E-state index contributed by atoms with van der Waals surface area (Å²) in [5.74, 6) is 2.73. The molecule has 3 heterocycles. The fraction of sp³-hybridized carbons (Fsp3) is 0.708. The van der Waals surface area contributed by atoms with E-state index in [2.05, 4.69) is 46.3 Å². The number of benzene rings is 1. The Bertz CT molecular complexity index is 692. The van der Waals surface area contributed by atoms with Gasteiger partial charge in [0.15, 0.2) is 5.96 Å². The van der Waals surface area contributed by atoms with Crippen molar-refractivity contribution in [2.45, 2.75) is 39.2 Å². The van der Waals surface area contributed by atoms with Crippen molar-refractivity contribution >= 4 is 5.96 Å². The minimum Gasteiger partial charge on any atom is -0.497 e. The first kappa shape index (κ1) is 21.4. The van der Waals surface area contributed by atoms with E-state index in [4.69, 9.17) is 14.5 Å². The van der Waals surface area contributed by atoms with Crippen molar-refractivity contribution in [1.29, 1.82) is 0 Å². The Kier molecular flexibility index (Phi) is 7.16. The molecular formula is C24H38N4O2. The molecule has 3 aliphatic heterocycles. The number of nitrogens with one attached hydrogen (secondary N) is 1. The number of hydrogen-bond acceptors (Lipinski definition) is 4. The molecular weight excluding hydrogens is 376 g/mol. The summed E-state index contributed by atoms with van der Waals surface area (Å²) >= 11 is 0. The molecule has 1 spiro atoms. The van der Waals surface area contributed by atoms with Gasteiger partial charge in [0.1, 0.15) is 5.75 Å². The van der Waals surface area contributed by atoms with Crippen molar-refractivity contribution < 1.29 is 9.47 Å². The van der Waals surface area contributed by atoms with E-state index in [-0.39, 0.29) is 0 Å². The standard InChI is InChI=1S/C24H38N4O2/c1-3-25-23(28-14-10-24(18-28)11-15-30-19-24)26-16-20-8-12-27(13-9-20)17-21-4-6-22(29-2)7-5-21/h4-7,20H,3,8-19H2,1-2H3,(H,25,26). The first-order valence-corrected chi connectivity index (χ1v) is 11.7. The molecule has 0 aliphatic carbocycles. The van der Waals surface area contributed by atoms with Gasteiger partial charge >= 0.3 is 0 Å². The number of aliphatic imine (C=N–C) groups is 1. The van der Waals surface area contributed by atoms with Gasteiger partial charge in [-0.25, -0.2) is 0 Å². The third kappa shape index (κ3) is 5.27. The van der Waals surface area contributed by atoms with Gasteiger partial charge in [-0.15, -0.1) is 0 Å². The lowest BCUT2D eigenvalue weighted by Crippen LogP contribution is -2.42. The van der Waals surface area contributed by atoms with Crippen LogP contribution in [0, 0.1) is 11.3 Å². The lowest BCUT2D eigenvalue weighted by atomic mass is 9.87. The Morgan fingerprint density at radius 2 is 2.00 bits per heavy atom. The van der Waals surface area contributed by atoms with Gasteiger partial charge in [-0.05, 0) is 69.3 Å². The molecule has 3 saturated heterocycles. The van der Waals surface area contributed by atoms with E-state index < -0.39 is 0 Å². The lowest BCUT2D eigenvalue weighted by Gasteiger charge is -2.32. The van der Waals surface area contributed by atoms with Gasteiger partial charge in [0.25, 0.3) is 0 Å². The van der Waals surface area contributed by atoms with Gasteiger partial charge in [0, 0.05) is 44.7 Å². The molecule has 30 heavy (non-hydrogen) atoms. The Morgan fingerprint density at radius 3 is 2.67 bits per heavy atom. The van der Waals surface area contributed by atoms with Crippen LogP contribution in [0.25, 0.3) is 0 Å². The quantitative estimate of drug-likeness (QED) is 0.573. The molecule has 6 nitrogen and oxygen atoms in total. The van der Waals surface area contributed by atoms with Crippen molar-refractivity contribution in [2.75, 3.05) is 59.6 Å². The van der Waals surface area contributed by atoms with Crippen LogP contribution in [0.1, 0.15) is 38.2 Å². The van der Waals surface area contributed by atoms with E-state index in [9.17, 15) is 0 Å². The number of ether oxygens (including phenoxy) is 2. The summed E-state index contributed by atoms with van der Waals surface area (Å²) in [7, 11) is 1.72. The summed E-state index contributed by atoms with van der Waals surface area (Å²) in [6, 6.07) is 8.46. The number of hydrogen-bond donors (Lipinski definition) is 1. The highest BCUT2D eigenvalue weighted by Crippen LogP contribution is 2.38. The van der Waals surface area contributed by atoms with Crippen LogP contribution in [0.4, 0.5) is 0 Å². The van der Waals surface area contributed by atoms with E-state index in [1.807, 2.05) is 0 Å². The minimum absolute atomic E-state index is 0.378.